The number of aliphatic imine (C=N–C) groups is 1. The summed E-state index contributed by atoms with van der Waals surface area (Å²) in [6.07, 6.45) is 0. The first-order valence-electron chi connectivity index (χ1n) is 7.55. The number of halogens is 2. The van der Waals surface area contributed by atoms with Crippen molar-refractivity contribution in [2.75, 3.05) is 12.4 Å². The molecule has 2 aromatic carbocycles. The predicted octanol–water partition coefficient (Wildman–Crippen LogP) is 3.27. The molecule has 1 aromatic heterocycles. The molecule has 0 unspecified atom stereocenters. The minimum Gasteiger partial charge on any atom is -0.497 e. The molecule has 0 saturated carbocycles. The van der Waals surface area contributed by atoms with Crippen LogP contribution in [0.25, 0.3) is 0 Å². The van der Waals surface area contributed by atoms with Crippen LogP contribution in [0.2, 0.25) is 0 Å². The van der Waals surface area contributed by atoms with Gasteiger partial charge in [0, 0.05) is 5.56 Å². The van der Waals surface area contributed by atoms with Gasteiger partial charge in [-0.1, -0.05) is 6.07 Å². The second kappa shape index (κ2) is 7.96. The first kappa shape index (κ1) is 18.5. The topological polar surface area (TPSA) is 116 Å². The van der Waals surface area contributed by atoms with Gasteiger partial charge in [-0.05, 0) is 62.6 Å². The van der Waals surface area contributed by atoms with Crippen molar-refractivity contribution in [3.8, 4) is 5.75 Å². The van der Waals surface area contributed by atoms with Crippen molar-refractivity contribution in [3.05, 3.63) is 64.0 Å². The summed E-state index contributed by atoms with van der Waals surface area (Å²) in [5, 5.41) is 9.86. The molecule has 0 atom stereocenters. The monoisotopic (exact) mass is 433 g/mol. The number of anilines is 1. The van der Waals surface area contributed by atoms with Crippen LogP contribution in [0.3, 0.4) is 0 Å². The highest BCUT2D eigenvalue weighted by atomic mass is 79.9. The molecule has 1 heterocycles. The third kappa shape index (κ3) is 4.29. The minimum atomic E-state index is -0.455. The molecule has 0 aliphatic heterocycles. The van der Waals surface area contributed by atoms with Crippen molar-refractivity contribution in [1.82, 2.24) is 10.3 Å². The quantitative estimate of drug-likeness (QED) is 0.471. The number of hydrogen-bond donors (Lipinski definition) is 2. The Morgan fingerprint density at radius 1 is 1.30 bits per heavy atom. The molecule has 27 heavy (non-hydrogen) atoms. The van der Waals surface area contributed by atoms with Crippen molar-refractivity contribution >= 4 is 39.2 Å². The van der Waals surface area contributed by atoms with Gasteiger partial charge >= 0.3 is 0 Å². The third-order valence-corrected chi connectivity index (χ3v) is 4.06. The van der Waals surface area contributed by atoms with Crippen molar-refractivity contribution in [1.29, 1.82) is 0 Å². The van der Waals surface area contributed by atoms with Crippen molar-refractivity contribution in [2.24, 2.45) is 10.7 Å². The van der Waals surface area contributed by atoms with Crippen LogP contribution in [0, 0.1) is 5.82 Å². The van der Waals surface area contributed by atoms with Crippen LogP contribution in [0.1, 0.15) is 16.1 Å². The lowest BCUT2D eigenvalue weighted by atomic mass is 10.2. The molecular weight excluding hydrogens is 421 g/mol. The van der Waals surface area contributed by atoms with Crippen LogP contribution in [-0.2, 0) is 0 Å². The van der Waals surface area contributed by atoms with E-state index in [1.165, 1.54) is 25.3 Å². The molecule has 0 aliphatic carbocycles. The fraction of sp³-hybridized carbons (Fsp3) is 0.0588. The average molecular weight is 434 g/mol. The lowest BCUT2D eigenvalue weighted by molar-refractivity contribution is 0.102. The molecule has 3 aromatic rings. The fourth-order valence-electron chi connectivity index (χ4n) is 2.13. The van der Waals surface area contributed by atoms with Crippen LogP contribution in [0.5, 0.6) is 5.75 Å². The maximum Gasteiger partial charge on any atom is 0.257 e. The van der Waals surface area contributed by atoms with E-state index in [2.05, 4.69) is 41.2 Å². The van der Waals surface area contributed by atoms with Gasteiger partial charge in [-0.2, -0.15) is 0 Å². The number of nitrogens with one attached hydrogen (secondary N) is 1. The Morgan fingerprint density at radius 3 is 2.85 bits per heavy atom. The first-order valence-corrected chi connectivity index (χ1v) is 8.35. The molecule has 0 bridgehead atoms. The summed E-state index contributed by atoms with van der Waals surface area (Å²) in [6.45, 7) is 0. The number of rotatable bonds is 5. The molecule has 0 fully saturated rings. The van der Waals surface area contributed by atoms with E-state index in [4.69, 9.17) is 10.5 Å². The number of hydrogen-bond acceptors (Lipinski definition) is 6. The molecule has 0 saturated heterocycles. The summed E-state index contributed by atoms with van der Waals surface area (Å²) in [5.41, 5.74) is 6.71. The summed E-state index contributed by atoms with van der Waals surface area (Å²) in [4.78, 5) is 16.5. The number of carbonyl (C=O) groups is 1. The van der Waals surface area contributed by atoms with Crippen molar-refractivity contribution in [3.63, 3.8) is 0 Å². The van der Waals surface area contributed by atoms with Gasteiger partial charge < -0.3 is 15.8 Å². The Hall–Kier alpha value is -3.27. The highest BCUT2D eigenvalue weighted by Gasteiger charge is 2.18. The van der Waals surface area contributed by atoms with E-state index in [1.807, 2.05) is 0 Å². The Morgan fingerprint density at radius 2 is 2.11 bits per heavy atom. The molecule has 0 aliphatic rings. The average Bonchev–Trinajstić information content (AvgIpc) is 3.13. The molecule has 0 spiro atoms. The van der Waals surface area contributed by atoms with Gasteiger partial charge in [-0.25, -0.2) is 14.0 Å². The second-order valence-electron chi connectivity index (χ2n) is 5.24. The second-order valence-corrected chi connectivity index (χ2v) is 6.10. The van der Waals surface area contributed by atoms with Gasteiger partial charge in [-0.15, -0.1) is 0 Å². The summed E-state index contributed by atoms with van der Waals surface area (Å²) in [5.74, 6) is -0.407. The fourth-order valence-corrected chi connectivity index (χ4v) is 2.50. The Labute approximate surface area is 161 Å². The van der Waals surface area contributed by atoms with Crippen LogP contribution < -0.4 is 15.8 Å². The van der Waals surface area contributed by atoms with E-state index in [1.54, 1.807) is 24.3 Å². The molecular formula is C17H13BrFN5O3. The minimum absolute atomic E-state index is 0.00486. The van der Waals surface area contributed by atoms with Gasteiger partial charge in [0.1, 0.15) is 11.6 Å². The highest BCUT2D eigenvalue weighted by Crippen LogP contribution is 2.23. The molecule has 3 rings (SSSR count). The van der Waals surface area contributed by atoms with Crippen LogP contribution in [0.4, 0.5) is 15.9 Å². The van der Waals surface area contributed by atoms with E-state index < -0.39 is 11.7 Å². The number of methoxy groups -OCH3 is 1. The van der Waals surface area contributed by atoms with E-state index in [0.717, 1.165) is 0 Å². The molecule has 0 radical (unpaired) electrons. The van der Waals surface area contributed by atoms with Gasteiger partial charge in [0.15, 0.2) is 11.5 Å². The normalized spacial score (nSPS) is 11.3. The van der Waals surface area contributed by atoms with E-state index in [9.17, 15) is 9.18 Å². The number of amidine groups is 1. The zero-order valence-corrected chi connectivity index (χ0v) is 15.5. The highest BCUT2D eigenvalue weighted by molar-refractivity contribution is 9.10. The van der Waals surface area contributed by atoms with Crippen LogP contribution >= 0.6 is 15.9 Å². The van der Waals surface area contributed by atoms with Crippen LogP contribution in [-0.4, -0.2) is 29.2 Å². The molecule has 8 nitrogen and oxygen atoms in total. The largest absolute Gasteiger partial charge is 0.497 e. The molecule has 3 N–H and O–H groups in total. The zero-order valence-electron chi connectivity index (χ0n) is 13.9. The smallest absolute Gasteiger partial charge is 0.257 e. The van der Waals surface area contributed by atoms with E-state index in [0.29, 0.717) is 17.0 Å². The summed E-state index contributed by atoms with van der Waals surface area (Å²) in [7, 11) is 1.50. The van der Waals surface area contributed by atoms with E-state index in [-0.39, 0.29) is 21.8 Å². The number of nitrogens with zero attached hydrogens (tertiary/aromatic N) is 3. The zero-order chi connectivity index (χ0) is 19.4. The first-order chi connectivity index (χ1) is 13.0. The Bertz CT molecular complexity index is 1020. The lowest BCUT2D eigenvalue weighted by Crippen LogP contribution is -2.19. The number of ether oxygens (including phenoxy) is 1. The van der Waals surface area contributed by atoms with Gasteiger partial charge in [0.05, 0.1) is 17.3 Å². The lowest BCUT2D eigenvalue weighted by Gasteiger charge is -2.05. The number of carbonyl (C=O) groups excluding carboxylic acids is 1. The summed E-state index contributed by atoms with van der Waals surface area (Å²) in [6, 6.07) is 10.7. The third-order valence-electron chi connectivity index (χ3n) is 3.45. The summed E-state index contributed by atoms with van der Waals surface area (Å²) >= 11 is 3.07. The summed E-state index contributed by atoms with van der Waals surface area (Å²) < 4.78 is 23.3. The van der Waals surface area contributed by atoms with Gasteiger partial charge in [0.25, 0.3) is 5.91 Å². The molecule has 138 valence electrons. The van der Waals surface area contributed by atoms with Crippen LogP contribution in [0.15, 0.2) is 56.6 Å². The number of aromatic nitrogens is 2. The number of nitrogens with two attached hydrogens (primary N) is 1. The maximum atomic E-state index is 13.3. The standard InChI is InChI=1S/C17H13BrFN5O3/c1-26-11-4-2-3-9(7-11)17(25)22-16-14(23-27-24-16)15(20)21-10-5-6-13(19)12(18)8-10/h2-8H,1H3,(H2,20,21)(H,22,24,25). The molecule has 1 amide bonds. The molecule has 10 heteroatoms. The Kier molecular flexibility index (Phi) is 5.46. The van der Waals surface area contributed by atoms with Crippen molar-refractivity contribution in [2.45, 2.75) is 0 Å². The van der Waals surface area contributed by atoms with Crippen molar-refractivity contribution < 1.29 is 18.6 Å². The Balaban J connectivity index is 1.83. The number of benzene rings is 2. The maximum absolute atomic E-state index is 13.3. The SMILES string of the molecule is COc1cccc(C(=O)Nc2nonc2C(N)=Nc2ccc(F)c(Br)c2)c1. The number of amides is 1. The predicted molar refractivity (Wildman–Crippen MR) is 99.7 cm³/mol. The van der Waals surface area contributed by atoms with Gasteiger partial charge in [-0.3, -0.25) is 4.79 Å². The van der Waals surface area contributed by atoms with E-state index >= 15 is 0 Å². The van der Waals surface area contributed by atoms with Gasteiger partial charge in [0.2, 0.25) is 5.82 Å².